The number of rotatable bonds is 8. The van der Waals surface area contributed by atoms with Gasteiger partial charge in [0.05, 0.1) is 24.7 Å². The van der Waals surface area contributed by atoms with Crippen molar-refractivity contribution in [2.75, 3.05) is 13.2 Å². The monoisotopic (exact) mass is 580 g/mol. The molecule has 1 aromatic rings. The summed E-state index contributed by atoms with van der Waals surface area (Å²) in [5.74, 6) is 1.48. The molecule has 1 aliphatic heterocycles. The Kier molecular flexibility index (Phi) is 8.28. The first-order valence-electron chi connectivity index (χ1n) is 16.8. The number of ether oxygens (including phenoxy) is 3. The molecule has 0 aromatic heterocycles. The summed E-state index contributed by atoms with van der Waals surface area (Å²) in [4.78, 5) is 24.9. The van der Waals surface area contributed by atoms with Gasteiger partial charge in [-0.05, 0) is 97.5 Å². The summed E-state index contributed by atoms with van der Waals surface area (Å²) in [5.41, 5.74) is 1.07. The number of carbonyl (C=O) groups is 2. The van der Waals surface area contributed by atoms with E-state index in [0.717, 1.165) is 44.9 Å². The maximum Gasteiger partial charge on any atom is 0.338 e. The first kappa shape index (κ1) is 30.1. The lowest BCUT2D eigenvalue weighted by Gasteiger charge is -2.63. The van der Waals surface area contributed by atoms with Crippen LogP contribution in [0.25, 0.3) is 0 Å². The average Bonchev–Trinajstić information content (AvgIpc) is 3.58. The van der Waals surface area contributed by atoms with Crippen molar-refractivity contribution in [2.45, 2.75) is 110 Å². The summed E-state index contributed by atoms with van der Waals surface area (Å²) in [6.07, 6.45) is 11.5. The molecule has 1 N–H and O–H groups in total. The molecule has 1 spiro atoms. The highest BCUT2D eigenvalue weighted by Gasteiger charge is 2.65. The van der Waals surface area contributed by atoms with Gasteiger partial charge >= 0.3 is 11.9 Å². The van der Waals surface area contributed by atoms with Crippen LogP contribution in [0.4, 0.5) is 0 Å². The molecule has 0 amide bonds. The Balaban J connectivity index is 1.25. The Labute approximate surface area is 252 Å². The Bertz CT molecular complexity index is 1130. The van der Waals surface area contributed by atoms with Gasteiger partial charge in [-0.25, -0.2) is 4.79 Å². The Hall–Kier alpha value is -1.92. The minimum atomic E-state index is -0.686. The molecule has 42 heavy (non-hydrogen) atoms. The van der Waals surface area contributed by atoms with Crippen LogP contribution in [0.5, 0.6) is 0 Å². The van der Waals surface area contributed by atoms with Crippen LogP contribution in [0.2, 0.25) is 0 Å². The van der Waals surface area contributed by atoms with Crippen molar-refractivity contribution in [1.29, 1.82) is 0 Å². The van der Waals surface area contributed by atoms with Crippen LogP contribution in [-0.4, -0.2) is 42.1 Å². The molecule has 0 bridgehead atoms. The van der Waals surface area contributed by atoms with Gasteiger partial charge in [-0.3, -0.25) is 4.79 Å². The molecule has 5 aliphatic rings. The molecular formula is C36H52O6. The van der Waals surface area contributed by atoms with E-state index in [4.69, 9.17) is 14.2 Å². The van der Waals surface area contributed by atoms with Crippen LogP contribution < -0.4 is 0 Å². The van der Waals surface area contributed by atoms with Crippen LogP contribution in [0.15, 0.2) is 30.3 Å². The predicted molar refractivity (Wildman–Crippen MR) is 161 cm³/mol. The molecule has 6 rings (SSSR count). The van der Waals surface area contributed by atoms with E-state index in [0.29, 0.717) is 54.3 Å². The van der Waals surface area contributed by atoms with Crippen LogP contribution in [0.3, 0.4) is 0 Å². The fourth-order valence-corrected chi connectivity index (χ4v) is 10.8. The second-order valence-electron chi connectivity index (χ2n) is 15.2. The van der Waals surface area contributed by atoms with E-state index in [1.165, 1.54) is 25.7 Å². The largest absolute Gasteiger partial charge is 0.481 e. The molecule has 6 nitrogen and oxygen atoms in total. The second-order valence-corrected chi connectivity index (χ2v) is 15.2. The lowest BCUT2D eigenvalue weighted by Crippen LogP contribution is -2.60. The van der Waals surface area contributed by atoms with Crippen LogP contribution in [0, 0.1) is 52.3 Å². The third kappa shape index (κ3) is 5.23. The quantitative estimate of drug-likeness (QED) is 0.317. The van der Waals surface area contributed by atoms with Gasteiger partial charge in [0.1, 0.15) is 6.10 Å². The molecule has 232 valence electrons. The fraction of sp³-hybridized carbons (Fsp3) is 0.778. The Morgan fingerprint density at radius 2 is 1.67 bits per heavy atom. The van der Waals surface area contributed by atoms with Gasteiger partial charge in [-0.15, -0.1) is 0 Å². The molecule has 5 fully saturated rings. The molecular weight excluding hydrogens is 528 g/mol. The number of hydrogen-bond donors (Lipinski definition) is 1. The van der Waals surface area contributed by atoms with Gasteiger partial charge in [0.15, 0.2) is 5.79 Å². The molecule has 6 unspecified atom stereocenters. The van der Waals surface area contributed by atoms with Crippen molar-refractivity contribution in [2.24, 2.45) is 52.3 Å². The zero-order chi connectivity index (χ0) is 29.7. The highest BCUT2D eigenvalue weighted by molar-refractivity contribution is 5.89. The third-order valence-electron chi connectivity index (χ3n) is 13.2. The van der Waals surface area contributed by atoms with Gasteiger partial charge in [-0.2, -0.15) is 0 Å². The summed E-state index contributed by atoms with van der Waals surface area (Å²) < 4.78 is 19.0. The minimum Gasteiger partial charge on any atom is -0.481 e. The molecule has 10 atom stereocenters. The van der Waals surface area contributed by atoms with Crippen LogP contribution >= 0.6 is 0 Å². The van der Waals surface area contributed by atoms with E-state index >= 15 is 0 Å². The van der Waals surface area contributed by atoms with E-state index in [1.807, 2.05) is 37.3 Å². The SMILES string of the molecule is C[C@H](CCC[C@@H](C)C1CCC2C3C(CCC21C)C1(C)CCC2(C[C@@H]1C[C@H]3OC(=O)c1ccccc1)OCCO2)C(=O)O. The molecule has 0 radical (unpaired) electrons. The summed E-state index contributed by atoms with van der Waals surface area (Å²) >= 11 is 0. The topological polar surface area (TPSA) is 82.1 Å². The van der Waals surface area contributed by atoms with Gasteiger partial charge < -0.3 is 19.3 Å². The number of fused-ring (bicyclic) bond motifs is 5. The number of carbonyl (C=O) groups excluding carboxylic acids is 1. The highest BCUT2D eigenvalue weighted by atomic mass is 16.7. The van der Waals surface area contributed by atoms with E-state index in [9.17, 15) is 14.7 Å². The molecule has 6 heteroatoms. The van der Waals surface area contributed by atoms with Crippen LogP contribution in [-0.2, 0) is 19.0 Å². The van der Waals surface area contributed by atoms with Crippen molar-refractivity contribution in [3.05, 3.63) is 35.9 Å². The van der Waals surface area contributed by atoms with Crippen molar-refractivity contribution in [1.82, 2.24) is 0 Å². The summed E-state index contributed by atoms with van der Waals surface area (Å²) in [7, 11) is 0. The molecule has 1 heterocycles. The van der Waals surface area contributed by atoms with Crippen molar-refractivity contribution in [3.8, 4) is 0 Å². The van der Waals surface area contributed by atoms with E-state index in [2.05, 4.69) is 20.8 Å². The zero-order valence-electron chi connectivity index (χ0n) is 26.2. The smallest absolute Gasteiger partial charge is 0.338 e. The highest BCUT2D eigenvalue weighted by Crippen LogP contribution is 2.69. The molecule has 1 saturated heterocycles. The summed E-state index contributed by atoms with van der Waals surface area (Å²) in [5, 5.41) is 9.34. The maximum absolute atomic E-state index is 13.5. The summed E-state index contributed by atoms with van der Waals surface area (Å²) in [6.45, 7) is 10.7. The van der Waals surface area contributed by atoms with Crippen molar-refractivity contribution < 1.29 is 28.9 Å². The first-order valence-corrected chi connectivity index (χ1v) is 16.8. The Morgan fingerprint density at radius 1 is 0.952 bits per heavy atom. The third-order valence-corrected chi connectivity index (χ3v) is 13.2. The minimum absolute atomic E-state index is 0.0903. The second kappa shape index (κ2) is 11.5. The van der Waals surface area contributed by atoms with E-state index in [-0.39, 0.29) is 28.8 Å². The van der Waals surface area contributed by atoms with Gasteiger partial charge in [-0.1, -0.05) is 58.7 Å². The van der Waals surface area contributed by atoms with Gasteiger partial charge in [0, 0.05) is 18.8 Å². The average molecular weight is 581 g/mol. The van der Waals surface area contributed by atoms with Crippen LogP contribution in [0.1, 0.15) is 109 Å². The molecule has 4 saturated carbocycles. The maximum atomic E-state index is 13.5. The molecule has 4 aliphatic carbocycles. The van der Waals surface area contributed by atoms with E-state index in [1.54, 1.807) is 0 Å². The number of aliphatic carboxylic acids is 1. The lowest BCUT2D eigenvalue weighted by molar-refractivity contribution is -0.242. The zero-order valence-corrected chi connectivity index (χ0v) is 26.2. The number of carboxylic acid groups (broad SMARTS) is 1. The first-order chi connectivity index (χ1) is 20.1. The fourth-order valence-electron chi connectivity index (χ4n) is 10.8. The normalized spacial score (nSPS) is 40.0. The number of hydrogen-bond acceptors (Lipinski definition) is 5. The van der Waals surface area contributed by atoms with Crippen molar-refractivity contribution in [3.63, 3.8) is 0 Å². The summed E-state index contributed by atoms with van der Waals surface area (Å²) in [6, 6.07) is 9.50. The number of esters is 1. The van der Waals surface area contributed by atoms with Gasteiger partial charge in [0.25, 0.3) is 0 Å². The van der Waals surface area contributed by atoms with E-state index < -0.39 is 11.8 Å². The number of benzene rings is 1. The van der Waals surface area contributed by atoms with Crippen molar-refractivity contribution >= 4 is 11.9 Å². The predicted octanol–water partition coefficient (Wildman–Crippen LogP) is 7.75. The molecule has 1 aromatic carbocycles. The van der Waals surface area contributed by atoms with Gasteiger partial charge in [0.2, 0.25) is 0 Å². The number of carboxylic acids is 1. The standard InChI is InChI=1S/C36H52O6/c1-23(9-8-10-24(2)32(37)38)27-13-14-28-31-29(15-16-35(27,28)4)34(3)17-18-36(40-19-20-41-36)22-26(34)21-30(31)42-33(39)25-11-6-5-7-12-25/h5-7,11-12,23-24,26-31H,8-10,13-22H2,1-4H3,(H,37,38)/t23-,24-,26+,27?,28?,29?,30-,31?,34?,35?/m1/s1. The lowest BCUT2D eigenvalue weighted by atomic mass is 9.43. The Morgan fingerprint density at radius 3 is 2.38 bits per heavy atom.